The molecule has 3 rings (SSSR count). The van der Waals surface area contributed by atoms with Crippen molar-refractivity contribution in [2.24, 2.45) is 5.16 Å². The summed E-state index contributed by atoms with van der Waals surface area (Å²) >= 11 is 2.37. The zero-order valence-electron chi connectivity index (χ0n) is 13.9. The van der Waals surface area contributed by atoms with E-state index in [9.17, 15) is 24.6 Å². The van der Waals surface area contributed by atoms with E-state index in [1.165, 1.54) is 24.3 Å². The predicted octanol–water partition coefficient (Wildman–Crippen LogP) is -1.19. The number of carbonyl (C=O) groups excluding carboxylic acids is 2. The Hall–Kier alpha value is -2.64. The normalized spacial score (nSPS) is 22.2. The van der Waals surface area contributed by atoms with E-state index >= 15 is 0 Å². The van der Waals surface area contributed by atoms with E-state index in [1.54, 1.807) is 0 Å². The fourth-order valence-corrected chi connectivity index (χ4v) is 4.59. The van der Waals surface area contributed by atoms with E-state index in [0.29, 0.717) is 0 Å². The molecule has 2 amide bonds. The number of β-lactam (4-membered cyclic amide) rings is 1. The van der Waals surface area contributed by atoms with Crippen molar-refractivity contribution in [1.82, 2.24) is 15.2 Å². The molecule has 11 nitrogen and oxygen atoms in total. The van der Waals surface area contributed by atoms with Crippen LogP contribution in [0.4, 0.5) is 5.13 Å². The summed E-state index contributed by atoms with van der Waals surface area (Å²) in [7, 11) is 1.26. The molecule has 0 spiro atoms. The molecule has 0 saturated carbocycles. The Labute approximate surface area is 160 Å². The minimum Gasteiger partial charge on any atom is -0.477 e. The highest BCUT2D eigenvalue weighted by molar-refractivity contribution is 8.00. The van der Waals surface area contributed by atoms with E-state index in [0.717, 1.165) is 16.2 Å². The molecular formula is C14H15N5O6S2. The summed E-state index contributed by atoms with van der Waals surface area (Å²) in [5.41, 5.74) is 5.62. The number of nitrogen functional groups attached to an aromatic ring is 1. The molecule has 3 heterocycles. The van der Waals surface area contributed by atoms with E-state index < -0.39 is 35.8 Å². The summed E-state index contributed by atoms with van der Waals surface area (Å²) in [6.45, 7) is -0.460. The maximum atomic E-state index is 12.6. The SMILES string of the molecule is CO/N=C(\C(=O)NC1C(=O)N2C(C(=O)O)=C(CO)CSC12)c1csc(N)n1. The van der Waals surface area contributed by atoms with Crippen molar-refractivity contribution in [3.05, 3.63) is 22.3 Å². The number of nitrogens with zero attached hydrogens (tertiary/aromatic N) is 3. The van der Waals surface area contributed by atoms with E-state index in [2.05, 4.69) is 20.3 Å². The van der Waals surface area contributed by atoms with Gasteiger partial charge in [0.1, 0.15) is 29.9 Å². The molecule has 1 aromatic rings. The van der Waals surface area contributed by atoms with Crippen LogP contribution in [0.15, 0.2) is 21.8 Å². The van der Waals surface area contributed by atoms with Crippen LogP contribution in [-0.4, -0.2) is 74.5 Å². The molecule has 2 aliphatic rings. The topological polar surface area (TPSA) is 167 Å². The number of aromatic nitrogens is 1. The number of nitrogens with two attached hydrogens (primary N) is 1. The van der Waals surface area contributed by atoms with Crippen molar-refractivity contribution in [3.63, 3.8) is 0 Å². The molecule has 1 fully saturated rings. The van der Waals surface area contributed by atoms with Crippen LogP contribution in [0.1, 0.15) is 5.69 Å². The number of aliphatic carboxylic acids is 1. The highest BCUT2D eigenvalue weighted by atomic mass is 32.2. The first-order valence-electron chi connectivity index (χ1n) is 7.53. The standard InChI is InChI=1S/C14H15N5O6S2/c1-25-18-7(6-4-27-14(15)16-6)10(21)17-8-11(22)19-9(13(23)24)5(2-20)3-26-12(8)19/h4,8,12,20H,2-3H2,1H3,(H2,15,16)(H,17,21)(H,23,24)/b18-7-. The van der Waals surface area contributed by atoms with Gasteiger partial charge < -0.3 is 26.1 Å². The molecular weight excluding hydrogens is 398 g/mol. The Morgan fingerprint density at radius 3 is 2.85 bits per heavy atom. The second-order valence-corrected chi connectivity index (χ2v) is 7.46. The average Bonchev–Trinajstić information content (AvgIpc) is 3.08. The summed E-state index contributed by atoms with van der Waals surface area (Å²) in [6.07, 6.45) is 0. The lowest BCUT2D eigenvalue weighted by Crippen LogP contribution is -2.71. The molecule has 2 unspecified atom stereocenters. The summed E-state index contributed by atoms with van der Waals surface area (Å²) in [6, 6.07) is -0.935. The number of aliphatic hydroxyl groups excluding tert-OH is 1. The van der Waals surface area contributed by atoms with Crippen LogP contribution >= 0.6 is 23.1 Å². The van der Waals surface area contributed by atoms with E-state index in [-0.39, 0.29) is 33.6 Å². The Balaban J connectivity index is 1.79. The van der Waals surface area contributed by atoms with Crippen LogP contribution < -0.4 is 11.1 Å². The van der Waals surface area contributed by atoms with Gasteiger partial charge >= 0.3 is 5.97 Å². The fourth-order valence-electron chi connectivity index (χ4n) is 2.71. The van der Waals surface area contributed by atoms with Crippen molar-refractivity contribution in [2.75, 3.05) is 25.2 Å². The summed E-state index contributed by atoms with van der Waals surface area (Å²) in [5, 5.41) is 26.0. The first-order chi connectivity index (χ1) is 12.9. The Bertz CT molecular complexity index is 866. The number of amides is 2. The minimum absolute atomic E-state index is 0.150. The van der Waals surface area contributed by atoms with Crippen molar-refractivity contribution in [2.45, 2.75) is 11.4 Å². The molecule has 1 saturated heterocycles. The lowest BCUT2D eigenvalue weighted by Gasteiger charge is -2.49. The molecule has 0 aromatic carbocycles. The molecule has 1 aromatic heterocycles. The van der Waals surface area contributed by atoms with Gasteiger partial charge in [0, 0.05) is 11.1 Å². The number of hydrogen-bond donors (Lipinski definition) is 4. The van der Waals surface area contributed by atoms with Crippen molar-refractivity contribution in [3.8, 4) is 0 Å². The van der Waals surface area contributed by atoms with Gasteiger partial charge in [-0.25, -0.2) is 9.78 Å². The van der Waals surface area contributed by atoms with Gasteiger partial charge in [-0.2, -0.15) is 0 Å². The van der Waals surface area contributed by atoms with Gasteiger partial charge in [-0.15, -0.1) is 23.1 Å². The Kier molecular flexibility index (Phi) is 5.34. The molecule has 0 bridgehead atoms. The van der Waals surface area contributed by atoms with Gasteiger partial charge in [0.15, 0.2) is 10.8 Å². The van der Waals surface area contributed by atoms with Gasteiger partial charge in [-0.05, 0) is 5.57 Å². The van der Waals surface area contributed by atoms with Gasteiger partial charge in [0.2, 0.25) is 0 Å². The maximum Gasteiger partial charge on any atom is 0.352 e. The first kappa shape index (κ1) is 19.1. The van der Waals surface area contributed by atoms with Gasteiger partial charge in [0.25, 0.3) is 11.8 Å². The number of carboxylic acid groups (broad SMARTS) is 1. The van der Waals surface area contributed by atoms with Crippen molar-refractivity contribution in [1.29, 1.82) is 0 Å². The summed E-state index contributed by atoms with van der Waals surface area (Å²) < 4.78 is 0. The Morgan fingerprint density at radius 2 is 2.30 bits per heavy atom. The lowest BCUT2D eigenvalue weighted by molar-refractivity contribution is -0.150. The number of thioether (sulfide) groups is 1. The molecule has 27 heavy (non-hydrogen) atoms. The summed E-state index contributed by atoms with van der Waals surface area (Å²) in [4.78, 5) is 46.2. The molecule has 2 aliphatic heterocycles. The van der Waals surface area contributed by atoms with E-state index in [1.807, 2.05) is 0 Å². The van der Waals surface area contributed by atoms with Crippen LogP contribution in [0.25, 0.3) is 0 Å². The number of carboxylic acids is 1. The average molecular weight is 413 g/mol. The van der Waals surface area contributed by atoms with Crippen LogP contribution in [0.2, 0.25) is 0 Å². The lowest BCUT2D eigenvalue weighted by atomic mass is 10.0. The van der Waals surface area contributed by atoms with Crippen molar-refractivity contribution < 1.29 is 29.4 Å². The Morgan fingerprint density at radius 1 is 1.56 bits per heavy atom. The fraction of sp³-hybridized carbons (Fsp3) is 0.357. The monoisotopic (exact) mass is 413 g/mol. The number of nitrogens with one attached hydrogen (secondary N) is 1. The quantitative estimate of drug-likeness (QED) is 0.254. The number of aliphatic hydroxyl groups is 1. The van der Waals surface area contributed by atoms with Crippen LogP contribution in [0.3, 0.4) is 0 Å². The molecule has 13 heteroatoms. The third kappa shape index (κ3) is 3.36. The maximum absolute atomic E-state index is 12.6. The molecule has 0 aliphatic carbocycles. The van der Waals surface area contributed by atoms with Crippen LogP contribution in [0.5, 0.6) is 0 Å². The number of hydrogen-bond acceptors (Lipinski definition) is 10. The molecule has 5 N–H and O–H groups in total. The first-order valence-corrected chi connectivity index (χ1v) is 9.46. The second-order valence-electron chi connectivity index (χ2n) is 5.47. The number of anilines is 1. The number of fused-ring (bicyclic) bond motifs is 1. The zero-order valence-corrected chi connectivity index (χ0v) is 15.5. The zero-order chi connectivity index (χ0) is 19.7. The molecule has 2 atom stereocenters. The van der Waals surface area contributed by atoms with Gasteiger partial charge in [0.05, 0.1) is 6.61 Å². The largest absolute Gasteiger partial charge is 0.477 e. The smallest absolute Gasteiger partial charge is 0.352 e. The predicted molar refractivity (Wildman–Crippen MR) is 96.8 cm³/mol. The van der Waals surface area contributed by atoms with E-state index in [4.69, 9.17) is 5.73 Å². The molecule has 0 radical (unpaired) electrons. The van der Waals surface area contributed by atoms with Crippen LogP contribution in [0, 0.1) is 0 Å². The molecule has 144 valence electrons. The van der Waals surface area contributed by atoms with Gasteiger partial charge in [-0.1, -0.05) is 5.16 Å². The van der Waals surface area contributed by atoms with Crippen LogP contribution in [-0.2, 0) is 19.2 Å². The number of rotatable bonds is 6. The number of oxime groups is 1. The number of carbonyl (C=O) groups is 3. The van der Waals surface area contributed by atoms with Crippen molar-refractivity contribution >= 4 is 51.7 Å². The second kappa shape index (κ2) is 7.54. The highest BCUT2D eigenvalue weighted by Crippen LogP contribution is 2.40. The third-order valence-electron chi connectivity index (χ3n) is 3.89. The number of thiazole rings is 1. The third-order valence-corrected chi connectivity index (χ3v) is 5.90. The minimum atomic E-state index is -1.30. The highest BCUT2D eigenvalue weighted by Gasteiger charge is 2.54. The summed E-state index contributed by atoms with van der Waals surface area (Å²) in [5.74, 6) is -2.35. The van der Waals surface area contributed by atoms with Gasteiger partial charge in [-0.3, -0.25) is 14.5 Å².